The number of fused-ring (bicyclic) bond motifs is 1. The van der Waals surface area contributed by atoms with Gasteiger partial charge in [0.2, 0.25) is 0 Å². The van der Waals surface area contributed by atoms with Crippen LogP contribution in [0.1, 0.15) is 31.6 Å². The average Bonchev–Trinajstić information content (AvgIpc) is 2.62. The smallest absolute Gasteiger partial charge is 0.160 e. The number of nitrogens with zero attached hydrogens (tertiary/aromatic N) is 3. The van der Waals surface area contributed by atoms with E-state index in [0.717, 1.165) is 29.3 Å². The van der Waals surface area contributed by atoms with Gasteiger partial charge in [0.1, 0.15) is 11.3 Å². The van der Waals surface area contributed by atoms with Crippen LogP contribution in [0.15, 0.2) is 12.3 Å². The molecule has 2 heterocycles. The molecule has 1 aliphatic rings. The Morgan fingerprint density at radius 3 is 2.89 bits per heavy atom. The van der Waals surface area contributed by atoms with E-state index in [-0.39, 0.29) is 0 Å². The molecular formula is C13H15Cl2N3. The van der Waals surface area contributed by atoms with Crippen LogP contribution in [-0.2, 0) is 6.42 Å². The average molecular weight is 284 g/mol. The molecule has 2 aromatic heterocycles. The molecule has 0 atom stereocenters. The highest BCUT2D eigenvalue weighted by atomic mass is 35.5. The van der Waals surface area contributed by atoms with Crippen LogP contribution >= 0.6 is 23.2 Å². The molecule has 0 saturated heterocycles. The van der Waals surface area contributed by atoms with Crippen molar-refractivity contribution in [2.24, 2.45) is 5.92 Å². The molecule has 96 valence electrons. The molecule has 18 heavy (non-hydrogen) atoms. The maximum absolute atomic E-state index is 5.97. The number of alkyl halides is 1. The third kappa shape index (κ3) is 1.99. The van der Waals surface area contributed by atoms with Gasteiger partial charge in [0.05, 0.1) is 5.02 Å². The highest BCUT2D eigenvalue weighted by molar-refractivity contribution is 6.31. The summed E-state index contributed by atoms with van der Waals surface area (Å²) in [4.78, 5) is 9.06. The lowest BCUT2D eigenvalue weighted by Gasteiger charge is -2.34. The fourth-order valence-corrected chi connectivity index (χ4v) is 3.04. The molecule has 0 spiro atoms. The topological polar surface area (TPSA) is 30.7 Å². The first-order valence-electron chi connectivity index (χ1n) is 6.27. The van der Waals surface area contributed by atoms with E-state index in [1.54, 1.807) is 6.20 Å². The molecule has 1 fully saturated rings. The van der Waals surface area contributed by atoms with Crippen LogP contribution in [0, 0.1) is 5.92 Å². The van der Waals surface area contributed by atoms with Crippen molar-refractivity contribution in [3.63, 3.8) is 0 Å². The summed E-state index contributed by atoms with van der Waals surface area (Å²) in [5.41, 5.74) is 1.82. The first-order chi connectivity index (χ1) is 8.69. The zero-order valence-corrected chi connectivity index (χ0v) is 11.7. The Morgan fingerprint density at radius 1 is 1.44 bits per heavy atom. The van der Waals surface area contributed by atoms with Crippen LogP contribution in [0.5, 0.6) is 0 Å². The van der Waals surface area contributed by atoms with Crippen LogP contribution in [0.4, 0.5) is 0 Å². The van der Waals surface area contributed by atoms with Gasteiger partial charge in [-0.1, -0.05) is 18.5 Å². The van der Waals surface area contributed by atoms with Crippen LogP contribution in [0.2, 0.25) is 5.02 Å². The number of halogens is 2. The molecule has 0 amide bonds. The Balaban J connectivity index is 2.10. The van der Waals surface area contributed by atoms with Gasteiger partial charge in [-0.2, -0.15) is 0 Å². The second-order valence-electron chi connectivity index (χ2n) is 5.06. The number of hydrogen-bond acceptors (Lipinski definition) is 2. The van der Waals surface area contributed by atoms with Crippen molar-refractivity contribution < 1.29 is 0 Å². The van der Waals surface area contributed by atoms with E-state index in [0.29, 0.717) is 16.9 Å². The summed E-state index contributed by atoms with van der Waals surface area (Å²) in [5.74, 6) is 2.41. The Labute approximate surface area is 116 Å². The summed E-state index contributed by atoms with van der Waals surface area (Å²) in [6, 6.07) is 2.40. The summed E-state index contributed by atoms with van der Waals surface area (Å²) in [6.07, 6.45) is 4.87. The van der Waals surface area contributed by atoms with Crippen molar-refractivity contribution in [1.29, 1.82) is 0 Å². The minimum absolute atomic E-state index is 0.525. The van der Waals surface area contributed by atoms with Crippen molar-refractivity contribution in [2.45, 2.75) is 32.2 Å². The lowest BCUT2D eigenvalue weighted by Crippen LogP contribution is -2.26. The van der Waals surface area contributed by atoms with E-state index in [1.807, 2.05) is 6.07 Å². The molecule has 5 heteroatoms. The lowest BCUT2D eigenvalue weighted by atomic mass is 9.81. The van der Waals surface area contributed by atoms with Gasteiger partial charge in [0.15, 0.2) is 5.65 Å². The third-order valence-electron chi connectivity index (χ3n) is 3.60. The number of rotatable bonds is 3. The highest BCUT2D eigenvalue weighted by Gasteiger charge is 2.30. The molecule has 0 bridgehead atoms. The monoisotopic (exact) mass is 283 g/mol. The Kier molecular flexibility index (Phi) is 3.20. The Hall–Kier alpha value is -0.800. The van der Waals surface area contributed by atoms with Crippen LogP contribution < -0.4 is 0 Å². The summed E-state index contributed by atoms with van der Waals surface area (Å²) in [6.45, 7) is 2.28. The van der Waals surface area contributed by atoms with Gasteiger partial charge in [-0.15, -0.1) is 11.6 Å². The zero-order chi connectivity index (χ0) is 12.7. The standard InChI is InChI=1S/C13H15Cl2N3/c1-8-4-10(5-8)18-12(2-3-14)17-11-6-9(15)7-16-13(11)18/h6-8,10H,2-5H2,1H3. The molecule has 3 nitrogen and oxygen atoms in total. The normalized spacial score (nSPS) is 23.3. The number of hydrogen-bond donors (Lipinski definition) is 0. The fraction of sp³-hybridized carbons (Fsp3) is 0.538. The molecule has 1 saturated carbocycles. The summed E-state index contributed by atoms with van der Waals surface area (Å²) < 4.78 is 2.26. The van der Waals surface area contributed by atoms with Gasteiger partial charge in [0.25, 0.3) is 0 Å². The first kappa shape index (κ1) is 12.2. The van der Waals surface area contributed by atoms with Crippen LogP contribution in [0.25, 0.3) is 11.2 Å². The van der Waals surface area contributed by atoms with Crippen LogP contribution in [0.3, 0.4) is 0 Å². The first-order valence-corrected chi connectivity index (χ1v) is 7.18. The maximum atomic E-state index is 5.97. The molecule has 0 radical (unpaired) electrons. The van der Waals surface area contributed by atoms with Gasteiger partial charge in [-0.25, -0.2) is 9.97 Å². The van der Waals surface area contributed by atoms with E-state index in [4.69, 9.17) is 23.2 Å². The van der Waals surface area contributed by atoms with Crippen molar-refractivity contribution in [3.8, 4) is 0 Å². The lowest BCUT2D eigenvalue weighted by molar-refractivity contribution is 0.216. The highest BCUT2D eigenvalue weighted by Crippen LogP contribution is 2.39. The quantitative estimate of drug-likeness (QED) is 0.802. The minimum Gasteiger partial charge on any atom is -0.310 e. The van der Waals surface area contributed by atoms with Gasteiger partial charge >= 0.3 is 0 Å². The molecule has 2 aromatic rings. The SMILES string of the molecule is CC1CC(n2c(CCCl)nc3cc(Cl)cnc32)C1. The van der Waals surface area contributed by atoms with E-state index in [9.17, 15) is 0 Å². The second-order valence-corrected chi connectivity index (χ2v) is 5.88. The number of aryl methyl sites for hydroxylation is 1. The summed E-state index contributed by atoms with van der Waals surface area (Å²) in [7, 11) is 0. The maximum Gasteiger partial charge on any atom is 0.160 e. The van der Waals surface area contributed by atoms with Gasteiger partial charge in [-0.3, -0.25) is 0 Å². The van der Waals surface area contributed by atoms with E-state index >= 15 is 0 Å². The van der Waals surface area contributed by atoms with Crippen LogP contribution in [-0.4, -0.2) is 20.4 Å². The van der Waals surface area contributed by atoms with Crippen molar-refractivity contribution >= 4 is 34.4 Å². The number of aromatic nitrogens is 3. The zero-order valence-electron chi connectivity index (χ0n) is 10.2. The number of imidazole rings is 1. The second kappa shape index (κ2) is 4.71. The Bertz CT molecular complexity index is 573. The van der Waals surface area contributed by atoms with E-state index in [1.165, 1.54) is 12.8 Å². The van der Waals surface area contributed by atoms with Crippen molar-refractivity contribution in [2.75, 3.05) is 5.88 Å². The van der Waals surface area contributed by atoms with E-state index in [2.05, 4.69) is 21.5 Å². The van der Waals surface area contributed by atoms with Crippen molar-refractivity contribution in [3.05, 3.63) is 23.1 Å². The Morgan fingerprint density at radius 2 is 2.22 bits per heavy atom. The number of pyridine rings is 1. The van der Waals surface area contributed by atoms with E-state index < -0.39 is 0 Å². The minimum atomic E-state index is 0.525. The molecule has 1 aliphatic carbocycles. The van der Waals surface area contributed by atoms with Gasteiger partial charge < -0.3 is 4.57 Å². The van der Waals surface area contributed by atoms with Gasteiger partial charge in [0, 0.05) is 24.5 Å². The molecular weight excluding hydrogens is 269 g/mol. The van der Waals surface area contributed by atoms with Gasteiger partial charge in [-0.05, 0) is 24.8 Å². The largest absolute Gasteiger partial charge is 0.310 e. The predicted octanol–water partition coefficient (Wildman–Crippen LogP) is 3.84. The molecule has 0 N–H and O–H groups in total. The molecule has 0 unspecified atom stereocenters. The fourth-order valence-electron chi connectivity index (χ4n) is 2.72. The molecule has 0 aliphatic heterocycles. The van der Waals surface area contributed by atoms with Crippen molar-refractivity contribution in [1.82, 2.24) is 14.5 Å². The molecule has 3 rings (SSSR count). The summed E-state index contributed by atoms with van der Waals surface area (Å²) >= 11 is 11.8. The predicted molar refractivity (Wildman–Crippen MR) is 74.4 cm³/mol. The third-order valence-corrected chi connectivity index (χ3v) is 4.00. The molecule has 0 aromatic carbocycles. The summed E-state index contributed by atoms with van der Waals surface area (Å²) in [5, 5.41) is 0.631.